The van der Waals surface area contributed by atoms with Gasteiger partial charge in [0.2, 0.25) is 0 Å². The third kappa shape index (κ3) is 3.68. The van der Waals surface area contributed by atoms with Crippen LogP contribution in [0.25, 0.3) is 11.0 Å². The van der Waals surface area contributed by atoms with Crippen molar-refractivity contribution in [3.63, 3.8) is 0 Å². The summed E-state index contributed by atoms with van der Waals surface area (Å²) >= 11 is 6.13. The Morgan fingerprint density at radius 2 is 2.00 bits per heavy atom. The van der Waals surface area contributed by atoms with Crippen LogP contribution in [0.15, 0.2) is 45.6 Å². The second-order valence-corrected chi connectivity index (χ2v) is 6.38. The monoisotopic (exact) mass is 387 g/mol. The molecule has 0 saturated carbocycles. The number of hydrogen-bond acceptors (Lipinski definition) is 6. The molecule has 0 fully saturated rings. The third-order valence-corrected chi connectivity index (χ3v) is 4.60. The van der Waals surface area contributed by atoms with Crippen molar-refractivity contribution in [3.8, 4) is 0 Å². The van der Waals surface area contributed by atoms with Crippen molar-refractivity contribution in [2.24, 2.45) is 0 Å². The van der Waals surface area contributed by atoms with Gasteiger partial charge in [0, 0.05) is 33.7 Å². The summed E-state index contributed by atoms with van der Waals surface area (Å²) in [6.07, 6.45) is 0. The highest BCUT2D eigenvalue weighted by Gasteiger charge is 2.19. The Bertz CT molecular complexity index is 1130. The topological polar surface area (TPSA) is 99.7 Å². The third-order valence-electron chi connectivity index (χ3n) is 4.19. The molecule has 8 heteroatoms. The second-order valence-electron chi connectivity index (χ2n) is 5.97. The van der Waals surface area contributed by atoms with Crippen LogP contribution >= 0.6 is 11.6 Å². The molecule has 0 N–H and O–H groups in total. The van der Waals surface area contributed by atoms with E-state index in [9.17, 15) is 19.7 Å². The predicted octanol–water partition coefficient (Wildman–Crippen LogP) is 4.33. The molecule has 1 heterocycles. The van der Waals surface area contributed by atoms with Crippen LogP contribution in [-0.4, -0.2) is 10.9 Å². The number of nitro groups is 1. The number of benzene rings is 2. The van der Waals surface area contributed by atoms with Crippen molar-refractivity contribution in [1.82, 2.24) is 0 Å². The predicted molar refractivity (Wildman–Crippen MR) is 99.2 cm³/mol. The van der Waals surface area contributed by atoms with Gasteiger partial charge in [-0.3, -0.25) is 10.1 Å². The van der Waals surface area contributed by atoms with E-state index in [4.69, 9.17) is 20.8 Å². The molecule has 1 aromatic heterocycles. The van der Waals surface area contributed by atoms with Gasteiger partial charge in [-0.2, -0.15) is 0 Å². The van der Waals surface area contributed by atoms with Crippen LogP contribution < -0.4 is 5.63 Å². The second kappa shape index (κ2) is 7.20. The van der Waals surface area contributed by atoms with Crippen LogP contribution in [0.2, 0.25) is 5.02 Å². The maximum absolute atomic E-state index is 12.4. The van der Waals surface area contributed by atoms with Crippen molar-refractivity contribution in [2.45, 2.75) is 20.5 Å². The molecule has 3 rings (SSSR count). The summed E-state index contributed by atoms with van der Waals surface area (Å²) in [5.74, 6) is -0.726. The molecule has 0 aliphatic carbocycles. The minimum absolute atomic E-state index is 0.0883. The van der Waals surface area contributed by atoms with Crippen LogP contribution in [0.1, 0.15) is 27.0 Å². The summed E-state index contributed by atoms with van der Waals surface area (Å²) in [6, 6.07) is 8.67. The van der Waals surface area contributed by atoms with Crippen molar-refractivity contribution in [1.29, 1.82) is 0 Å². The number of nitro benzene ring substituents is 1. The van der Waals surface area contributed by atoms with Crippen LogP contribution in [0.4, 0.5) is 5.69 Å². The summed E-state index contributed by atoms with van der Waals surface area (Å²) in [7, 11) is 0. The highest BCUT2D eigenvalue weighted by molar-refractivity contribution is 6.32. The Kier molecular flexibility index (Phi) is 4.96. The zero-order valence-corrected chi connectivity index (χ0v) is 15.2. The quantitative estimate of drug-likeness (QED) is 0.286. The Hall–Kier alpha value is -3.19. The molecule has 0 spiro atoms. The first-order valence-corrected chi connectivity index (χ1v) is 8.29. The molecule has 0 bridgehead atoms. The van der Waals surface area contributed by atoms with Crippen molar-refractivity contribution >= 4 is 34.2 Å². The van der Waals surface area contributed by atoms with Gasteiger partial charge in [0.1, 0.15) is 12.2 Å². The number of aryl methyl sites for hydroxylation is 1. The molecule has 0 aliphatic rings. The number of carbonyl (C=O) groups is 1. The first kappa shape index (κ1) is 18.6. The minimum atomic E-state index is -0.726. The fraction of sp³-hybridized carbons (Fsp3) is 0.158. The zero-order chi connectivity index (χ0) is 19.7. The average molecular weight is 388 g/mol. The van der Waals surface area contributed by atoms with Gasteiger partial charge in [0.15, 0.2) is 0 Å². The number of rotatable bonds is 4. The molecule has 0 unspecified atom stereocenters. The SMILES string of the molecule is Cc1cc2oc(=O)cc(COC(=O)c3cccc([N+](=O)[O-])c3C)c2cc1Cl. The minimum Gasteiger partial charge on any atom is -0.457 e. The Morgan fingerprint density at radius 1 is 1.26 bits per heavy atom. The van der Waals surface area contributed by atoms with E-state index in [0.29, 0.717) is 21.6 Å². The molecule has 0 saturated heterocycles. The van der Waals surface area contributed by atoms with Gasteiger partial charge in [-0.1, -0.05) is 17.7 Å². The van der Waals surface area contributed by atoms with Gasteiger partial charge in [0.05, 0.1) is 10.5 Å². The van der Waals surface area contributed by atoms with E-state index in [1.54, 1.807) is 19.1 Å². The Morgan fingerprint density at radius 3 is 2.70 bits per heavy atom. The molecule has 0 amide bonds. The molecule has 0 radical (unpaired) electrons. The number of carbonyl (C=O) groups excluding carboxylic acids is 1. The fourth-order valence-electron chi connectivity index (χ4n) is 2.73. The first-order chi connectivity index (χ1) is 12.8. The van der Waals surface area contributed by atoms with Crippen molar-refractivity contribution in [2.75, 3.05) is 0 Å². The lowest BCUT2D eigenvalue weighted by atomic mass is 10.1. The largest absolute Gasteiger partial charge is 0.457 e. The normalized spacial score (nSPS) is 10.8. The van der Waals surface area contributed by atoms with E-state index < -0.39 is 16.5 Å². The molecule has 2 aromatic carbocycles. The van der Waals surface area contributed by atoms with E-state index in [-0.39, 0.29) is 23.4 Å². The van der Waals surface area contributed by atoms with Gasteiger partial charge in [-0.25, -0.2) is 9.59 Å². The molecular formula is C19H14ClNO6. The average Bonchev–Trinajstić information content (AvgIpc) is 2.60. The van der Waals surface area contributed by atoms with E-state index in [1.165, 1.54) is 31.2 Å². The van der Waals surface area contributed by atoms with Crippen molar-refractivity contribution in [3.05, 3.63) is 84.2 Å². The molecular weight excluding hydrogens is 374 g/mol. The molecule has 7 nitrogen and oxygen atoms in total. The summed E-state index contributed by atoms with van der Waals surface area (Å²) in [5.41, 5.74) is 1.06. The summed E-state index contributed by atoms with van der Waals surface area (Å²) in [6.45, 7) is 3.05. The number of halogens is 1. The van der Waals surface area contributed by atoms with Gasteiger partial charge < -0.3 is 9.15 Å². The smallest absolute Gasteiger partial charge is 0.338 e. The Balaban J connectivity index is 1.92. The molecule has 138 valence electrons. The standard InChI is InChI=1S/C19H14ClNO6/c1-10-6-17-14(8-15(10)20)12(7-18(22)27-17)9-26-19(23)13-4-3-5-16(11(13)2)21(24)25/h3-8H,9H2,1-2H3. The summed E-state index contributed by atoms with van der Waals surface area (Å²) < 4.78 is 10.4. The van der Waals surface area contributed by atoms with Gasteiger partial charge in [-0.15, -0.1) is 0 Å². The summed E-state index contributed by atoms with van der Waals surface area (Å²) in [4.78, 5) is 34.6. The van der Waals surface area contributed by atoms with Gasteiger partial charge in [0.25, 0.3) is 5.69 Å². The van der Waals surface area contributed by atoms with Crippen LogP contribution in [0.3, 0.4) is 0 Å². The van der Waals surface area contributed by atoms with Crippen LogP contribution in [0.5, 0.6) is 0 Å². The highest BCUT2D eigenvalue weighted by atomic mass is 35.5. The highest BCUT2D eigenvalue weighted by Crippen LogP contribution is 2.26. The zero-order valence-electron chi connectivity index (χ0n) is 14.4. The maximum Gasteiger partial charge on any atom is 0.338 e. The number of ether oxygens (including phenoxy) is 1. The molecule has 0 atom stereocenters. The van der Waals surface area contributed by atoms with Crippen LogP contribution in [0, 0.1) is 24.0 Å². The van der Waals surface area contributed by atoms with E-state index in [0.717, 1.165) is 5.56 Å². The maximum atomic E-state index is 12.4. The summed E-state index contributed by atoms with van der Waals surface area (Å²) in [5, 5.41) is 12.0. The fourth-order valence-corrected chi connectivity index (χ4v) is 2.89. The van der Waals surface area contributed by atoms with Gasteiger partial charge >= 0.3 is 11.6 Å². The lowest BCUT2D eigenvalue weighted by Gasteiger charge is -2.10. The lowest BCUT2D eigenvalue weighted by Crippen LogP contribution is -2.10. The van der Waals surface area contributed by atoms with Crippen LogP contribution in [-0.2, 0) is 11.3 Å². The van der Waals surface area contributed by atoms with E-state index in [2.05, 4.69) is 0 Å². The number of nitrogens with zero attached hydrogens (tertiary/aromatic N) is 1. The molecule has 0 aliphatic heterocycles. The number of fused-ring (bicyclic) bond motifs is 1. The Labute approximate surface area is 158 Å². The molecule has 3 aromatic rings. The van der Waals surface area contributed by atoms with Gasteiger partial charge in [-0.05, 0) is 37.6 Å². The first-order valence-electron chi connectivity index (χ1n) is 7.92. The number of hydrogen-bond donors (Lipinski definition) is 0. The van der Waals surface area contributed by atoms with Crippen molar-refractivity contribution < 1.29 is 18.9 Å². The molecule has 27 heavy (non-hydrogen) atoms. The van der Waals surface area contributed by atoms with E-state index in [1.807, 2.05) is 0 Å². The number of esters is 1. The lowest BCUT2D eigenvalue weighted by molar-refractivity contribution is -0.385. The van der Waals surface area contributed by atoms with E-state index >= 15 is 0 Å².